The Morgan fingerprint density at radius 3 is 2.03 bits per heavy atom. The Kier molecular flexibility index (Phi) is 7.03. The Morgan fingerprint density at radius 1 is 0.879 bits per heavy atom. The fraction of sp³-hybridized carbons (Fsp3) is 0.192. The molecule has 7 heteroatoms. The maximum atomic E-state index is 13.3. The molecule has 1 atom stereocenters. The van der Waals surface area contributed by atoms with Crippen molar-refractivity contribution in [3.05, 3.63) is 102 Å². The molecule has 1 aliphatic heterocycles. The number of carbonyl (C=O) groups is 1. The van der Waals surface area contributed by atoms with Gasteiger partial charge in [-0.1, -0.05) is 91.0 Å². The summed E-state index contributed by atoms with van der Waals surface area (Å²) in [6, 6.07) is 27.3. The Bertz CT molecular complexity index is 1220. The number of nitrogens with zero attached hydrogens (tertiary/aromatic N) is 1. The zero-order valence-electron chi connectivity index (χ0n) is 18.1. The molecule has 1 unspecified atom stereocenters. The fourth-order valence-electron chi connectivity index (χ4n) is 4.06. The van der Waals surface area contributed by atoms with Gasteiger partial charge in [0.2, 0.25) is 10.0 Å². The van der Waals surface area contributed by atoms with Crippen LogP contribution in [0.1, 0.15) is 17.5 Å². The molecule has 0 spiro atoms. The molecule has 0 fully saturated rings. The van der Waals surface area contributed by atoms with Gasteiger partial charge >= 0.3 is 0 Å². The first-order valence-electron chi connectivity index (χ1n) is 10.8. The van der Waals surface area contributed by atoms with Crippen molar-refractivity contribution in [2.75, 3.05) is 13.1 Å². The number of sulfonamides is 1. The summed E-state index contributed by atoms with van der Waals surface area (Å²) in [5.41, 5.74) is 6.63. The van der Waals surface area contributed by atoms with Crippen molar-refractivity contribution in [3.63, 3.8) is 0 Å². The molecule has 0 saturated carbocycles. The van der Waals surface area contributed by atoms with E-state index in [1.165, 1.54) is 9.79 Å². The molecule has 0 bridgehead atoms. The molecule has 1 aliphatic rings. The molecular weight excluding hydrogens is 436 g/mol. The van der Waals surface area contributed by atoms with E-state index in [-0.39, 0.29) is 19.5 Å². The Morgan fingerprint density at radius 2 is 1.45 bits per heavy atom. The summed E-state index contributed by atoms with van der Waals surface area (Å²) in [5, 5.41) is 7.75. The lowest BCUT2D eigenvalue weighted by molar-refractivity contribution is -0.128. The van der Waals surface area contributed by atoms with E-state index in [1.54, 1.807) is 24.3 Å². The van der Waals surface area contributed by atoms with E-state index in [2.05, 4.69) is 36.4 Å². The highest BCUT2D eigenvalue weighted by Gasteiger charge is 2.38. The van der Waals surface area contributed by atoms with E-state index in [9.17, 15) is 13.2 Å². The first-order chi connectivity index (χ1) is 16.0. The summed E-state index contributed by atoms with van der Waals surface area (Å²) >= 11 is 0. The number of benzene rings is 3. The SMILES string of the molecule is O=C(NO)C(Cc1ccccc1)S(=O)(=O)N1CC=C(c2ccc(-c3ccccc3)cc2)CC1. The summed E-state index contributed by atoms with van der Waals surface area (Å²) in [4.78, 5) is 12.3. The topological polar surface area (TPSA) is 86.7 Å². The molecule has 3 aromatic rings. The van der Waals surface area contributed by atoms with E-state index < -0.39 is 21.2 Å². The molecule has 0 saturated heterocycles. The minimum absolute atomic E-state index is 0.0103. The van der Waals surface area contributed by atoms with Gasteiger partial charge in [0, 0.05) is 13.1 Å². The van der Waals surface area contributed by atoms with Crippen LogP contribution in [0.4, 0.5) is 0 Å². The lowest BCUT2D eigenvalue weighted by atomic mass is 9.97. The van der Waals surface area contributed by atoms with Gasteiger partial charge in [0.1, 0.15) is 0 Å². The first-order valence-corrected chi connectivity index (χ1v) is 12.3. The third-order valence-electron chi connectivity index (χ3n) is 5.92. The molecule has 33 heavy (non-hydrogen) atoms. The number of nitrogens with one attached hydrogen (secondary N) is 1. The average Bonchev–Trinajstić information content (AvgIpc) is 2.88. The van der Waals surface area contributed by atoms with Gasteiger partial charge < -0.3 is 0 Å². The van der Waals surface area contributed by atoms with Gasteiger partial charge in [0.05, 0.1) is 0 Å². The van der Waals surface area contributed by atoms with Crippen LogP contribution in [-0.2, 0) is 21.2 Å². The third kappa shape index (κ3) is 5.22. The highest BCUT2D eigenvalue weighted by molar-refractivity contribution is 7.90. The molecule has 1 heterocycles. The normalized spacial score (nSPS) is 15.5. The van der Waals surface area contributed by atoms with Crippen LogP contribution in [0.15, 0.2) is 91.0 Å². The quantitative estimate of drug-likeness (QED) is 0.412. The Labute approximate surface area is 194 Å². The van der Waals surface area contributed by atoms with Crippen LogP contribution >= 0.6 is 0 Å². The van der Waals surface area contributed by atoms with E-state index in [4.69, 9.17) is 5.21 Å². The first kappa shape index (κ1) is 22.9. The second-order valence-electron chi connectivity index (χ2n) is 7.98. The van der Waals surface area contributed by atoms with Crippen molar-refractivity contribution in [3.8, 4) is 11.1 Å². The van der Waals surface area contributed by atoms with Gasteiger partial charge in [-0.25, -0.2) is 13.9 Å². The minimum Gasteiger partial charge on any atom is -0.289 e. The highest BCUT2D eigenvalue weighted by atomic mass is 32.2. The molecule has 6 nitrogen and oxygen atoms in total. The van der Waals surface area contributed by atoms with Crippen molar-refractivity contribution in [1.29, 1.82) is 0 Å². The van der Waals surface area contributed by atoms with E-state index in [1.807, 2.05) is 30.3 Å². The van der Waals surface area contributed by atoms with Gasteiger partial charge in [-0.15, -0.1) is 0 Å². The standard InChI is InChI=1S/C26H26N2O4S/c29-26(27-30)25(19-20-7-3-1-4-8-20)33(31,32)28-17-15-24(16-18-28)23-13-11-22(12-14-23)21-9-5-2-6-10-21/h1-15,25,30H,16-19H2,(H,27,29). The van der Waals surface area contributed by atoms with Crippen LogP contribution in [-0.4, -0.2) is 42.2 Å². The molecule has 170 valence electrons. The highest BCUT2D eigenvalue weighted by Crippen LogP contribution is 2.28. The van der Waals surface area contributed by atoms with Crippen LogP contribution in [0, 0.1) is 0 Å². The zero-order valence-corrected chi connectivity index (χ0v) is 18.9. The lowest BCUT2D eigenvalue weighted by Crippen LogP contribution is -2.48. The molecule has 0 aliphatic carbocycles. The minimum atomic E-state index is -3.97. The maximum Gasteiger partial charge on any atom is 0.263 e. The summed E-state index contributed by atoms with van der Waals surface area (Å²) < 4.78 is 27.8. The van der Waals surface area contributed by atoms with E-state index in [0.717, 1.165) is 22.3 Å². The van der Waals surface area contributed by atoms with Gasteiger partial charge in [-0.3, -0.25) is 10.0 Å². The lowest BCUT2D eigenvalue weighted by Gasteiger charge is -2.29. The van der Waals surface area contributed by atoms with Gasteiger partial charge in [0.15, 0.2) is 5.25 Å². The number of carbonyl (C=O) groups excluding carboxylic acids is 1. The number of hydrogen-bond donors (Lipinski definition) is 2. The monoisotopic (exact) mass is 462 g/mol. The van der Waals surface area contributed by atoms with Crippen LogP contribution in [0.3, 0.4) is 0 Å². The Hall–Kier alpha value is -3.26. The molecule has 4 rings (SSSR count). The van der Waals surface area contributed by atoms with Gasteiger partial charge in [-0.2, -0.15) is 4.31 Å². The molecule has 0 radical (unpaired) electrons. The number of hydrogen-bond acceptors (Lipinski definition) is 4. The van der Waals surface area contributed by atoms with E-state index in [0.29, 0.717) is 12.0 Å². The molecular formula is C26H26N2O4S. The van der Waals surface area contributed by atoms with E-state index >= 15 is 0 Å². The molecule has 2 N–H and O–H groups in total. The molecule has 1 amide bonds. The van der Waals surface area contributed by atoms with Gasteiger partial charge in [-0.05, 0) is 40.7 Å². The van der Waals surface area contributed by atoms with Crippen LogP contribution in [0.5, 0.6) is 0 Å². The smallest absolute Gasteiger partial charge is 0.263 e. The largest absolute Gasteiger partial charge is 0.289 e. The van der Waals surface area contributed by atoms with Crippen molar-refractivity contribution in [2.45, 2.75) is 18.1 Å². The Balaban J connectivity index is 1.50. The summed E-state index contributed by atoms with van der Waals surface area (Å²) in [7, 11) is -3.97. The second-order valence-corrected chi connectivity index (χ2v) is 10.1. The number of rotatable bonds is 7. The fourth-order valence-corrected chi connectivity index (χ4v) is 5.78. The van der Waals surface area contributed by atoms with Crippen molar-refractivity contribution in [1.82, 2.24) is 9.79 Å². The zero-order chi connectivity index (χ0) is 23.3. The number of amides is 1. The predicted octanol–water partition coefficient (Wildman–Crippen LogP) is 3.89. The number of hydroxylamine groups is 1. The summed E-state index contributed by atoms with van der Waals surface area (Å²) in [6.07, 6.45) is 2.43. The predicted molar refractivity (Wildman–Crippen MR) is 129 cm³/mol. The van der Waals surface area contributed by atoms with Crippen molar-refractivity contribution in [2.24, 2.45) is 0 Å². The molecule has 0 aromatic heterocycles. The molecule has 3 aromatic carbocycles. The van der Waals surface area contributed by atoms with Gasteiger partial charge in [0.25, 0.3) is 5.91 Å². The summed E-state index contributed by atoms with van der Waals surface area (Å²) in [6.45, 7) is 0.459. The third-order valence-corrected chi connectivity index (χ3v) is 8.07. The second kappa shape index (κ2) is 10.1. The van der Waals surface area contributed by atoms with Crippen LogP contribution < -0.4 is 5.48 Å². The maximum absolute atomic E-state index is 13.3. The van der Waals surface area contributed by atoms with Crippen LogP contribution in [0.2, 0.25) is 0 Å². The summed E-state index contributed by atoms with van der Waals surface area (Å²) in [5.74, 6) is -0.926. The van der Waals surface area contributed by atoms with Crippen LogP contribution in [0.25, 0.3) is 16.7 Å². The van der Waals surface area contributed by atoms with Crippen molar-refractivity contribution < 1.29 is 18.4 Å². The average molecular weight is 463 g/mol. The van der Waals surface area contributed by atoms with Crippen molar-refractivity contribution >= 4 is 21.5 Å².